The van der Waals surface area contributed by atoms with Crippen LogP contribution in [0.25, 0.3) is 22.2 Å². The van der Waals surface area contributed by atoms with Crippen LogP contribution in [0.15, 0.2) is 35.9 Å². The number of nitrogens with zero attached hydrogens (tertiary/aromatic N) is 5. The standard InChI is InChI=1S/C22H22Cl2N6O11P2S2/c23-8-1-10-11(2-9(8)24)29(6-27-10)22-18-15(31)12(38-22)3-36-42(34,44)40-17-13(4-37-43(35,45)41-18)39-21(16(17)32)30-7-28-14-19(30)25-5-26-20(14)33/h1-2,5-7,12-13,15-18,21-22,31-32H,3-4H2,(H,34,44)(H,35,45)(H,25,26,33). The Morgan fingerprint density at radius 3 is 2.27 bits per heavy atom. The van der Waals surface area contributed by atoms with E-state index in [1.807, 2.05) is 0 Å². The number of halogens is 2. The lowest BCUT2D eigenvalue weighted by molar-refractivity contribution is -0.0574. The molecule has 45 heavy (non-hydrogen) atoms. The molecule has 23 heteroatoms. The van der Waals surface area contributed by atoms with Crippen molar-refractivity contribution in [3.63, 3.8) is 0 Å². The highest BCUT2D eigenvalue weighted by Crippen LogP contribution is 2.60. The molecule has 3 N–H and O–H groups in total. The van der Waals surface area contributed by atoms with Gasteiger partial charge in [-0.25, -0.2) is 24.1 Å². The number of fused-ring (bicyclic) bond motifs is 5. The topological polar surface area (TPSA) is 211 Å². The normalized spacial score (nSPS) is 37.7. The Kier molecular flexibility index (Phi) is 8.44. The van der Waals surface area contributed by atoms with E-state index < -0.39 is 81.4 Å². The molecule has 3 aromatic heterocycles. The number of aliphatic hydroxyl groups excluding tert-OH is 2. The summed E-state index contributed by atoms with van der Waals surface area (Å²) in [4.78, 5) is 26.9. The first-order valence-electron chi connectivity index (χ1n) is 13.0. The van der Waals surface area contributed by atoms with Crippen LogP contribution < -0.4 is 5.56 Å². The first-order valence-corrected chi connectivity index (χ1v) is 19.2. The third kappa shape index (κ3) is 5.91. The minimum Gasteiger partial charge on any atom is -0.387 e. The summed E-state index contributed by atoms with van der Waals surface area (Å²) < 4.78 is 64.1. The molecule has 3 fully saturated rings. The molecule has 6 heterocycles. The number of benzene rings is 1. The Hall–Kier alpha value is -1.54. The van der Waals surface area contributed by atoms with Crippen molar-refractivity contribution in [2.45, 2.75) is 49.1 Å². The second-order valence-electron chi connectivity index (χ2n) is 10.2. The van der Waals surface area contributed by atoms with Gasteiger partial charge in [-0.1, -0.05) is 47.7 Å². The van der Waals surface area contributed by atoms with Gasteiger partial charge in [-0.3, -0.25) is 27.5 Å². The van der Waals surface area contributed by atoms with Crippen molar-refractivity contribution in [3.8, 4) is 0 Å². The zero-order chi connectivity index (χ0) is 31.8. The summed E-state index contributed by atoms with van der Waals surface area (Å²) in [5, 5.41) is 22.9. The zero-order valence-corrected chi connectivity index (χ0v) is 27.4. The van der Waals surface area contributed by atoms with Crippen LogP contribution in [-0.4, -0.2) is 89.1 Å². The lowest BCUT2D eigenvalue weighted by Crippen LogP contribution is -2.36. The first-order chi connectivity index (χ1) is 21.3. The molecule has 0 spiro atoms. The smallest absolute Gasteiger partial charge is 0.386 e. The molecule has 3 aliphatic rings. The summed E-state index contributed by atoms with van der Waals surface area (Å²) in [5.74, 6) is 0. The Balaban J connectivity index is 1.20. The van der Waals surface area contributed by atoms with E-state index in [0.29, 0.717) is 11.0 Å². The highest BCUT2D eigenvalue weighted by Gasteiger charge is 2.53. The van der Waals surface area contributed by atoms with Crippen LogP contribution in [0.3, 0.4) is 0 Å². The fourth-order valence-electron chi connectivity index (χ4n) is 5.39. The van der Waals surface area contributed by atoms with Gasteiger partial charge in [0.05, 0.1) is 53.3 Å². The van der Waals surface area contributed by atoms with Crippen molar-refractivity contribution in [2.75, 3.05) is 13.2 Å². The van der Waals surface area contributed by atoms with E-state index in [4.69, 9.17) is 50.8 Å². The molecule has 4 aromatic rings. The van der Waals surface area contributed by atoms with Crippen molar-refractivity contribution < 1.29 is 46.9 Å². The maximum atomic E-state index is 13.6. The van der Waals surface area contributed by atoms with E-state index in [9.17, 15) is 24.1 Å². The van der Waals surface area contributed by atoms with Crippen LogP contribution in [0.1, 0.15) is 12.5 Å². The zero-order valence-electron chi connectivity index (χ0n) is 22.3. The number of aliphatic hydroxyl groups is 2. The van der Waals surface area contributed by atoms with Gasteiger partial charge in [-0.2, -0.15) is 0 Å². The number of hydrogen-bond acceptors (Lipinski definition) is 14. The van der Waals surface area contributed by atoms with E-state index in [2.05, 4.69) is 44.4 Å². The lowest BCUT2D eigenvalue weighted by atomic mass is 10.1. The molecule has 3 aliphatic heterocycles. The van der Waals surface area contributed by atoms with Crippen LogP contribution in [0, 0.1) is 0 Å². The third-order valence-corrected chi connectivity index (χ3v) is 11.4. The van der Waals surface area contributed by atoms with Gasteiger partial charge in [0.2, 0.25) is 0 Å². The quantitative estimate of drug-likeness (QED) is 0.148. The minimum absolute atomic E-state index is 0.0244. The average Bonchev–Trinajstić information content (AvgIpc) is 3.73. The van der Waals surface area contributed by atoms with E-state index in [-0.39, 0.29) is 21.2 Å². The third-order valence-electron chi connectivity index (χ3n) is 7.47. The highest BCUT2D eigenvalue weighted by molar-refractivity contribution is 8.44. The predicted octanol–water partition coefficient (Wildman–Crippen LogP) is 2.89. The predicted molar refractivity (Wildman–Crippen MR) is 163 cm³/mol. The number of imidazole rings is 2. The Morgan fingerprint density at radius 2 is 1.51 bits per heavy atom. The van der Waals surface area contributed by atoms with E-state index in [0.717, 1.165) is 6.33 Å². The van der Waals surface area contributed by atoms with Crippen molar-refractivity contribution in [2.24, 2.45) is 0 Å². The summed E-state index contributed by atoms with van der Waals surface area (Å²) in [7, 11) is 0. The minimum atomic E-state index is -4.33. The molecule has 0 aliphatic carbocycles. The van der Waals surface area contributed by atoms with Gasteiger partial charge < -0.3 is 29.2 Å². The van der Waals surface area contributed by atoms with Crippen LogP contribution in [0.5, 0.6) is 0 Å². The molecular formula is C22H22Cl2N6O11P2S2. The van der Waals surface area contributed by atoms with Crippen molar-refractivity contribution in [1.29, 1.82) is 0 Å². The number of H-pyrrole nitrogens is 1. The molecule has 7 rings (SSSR count). The second kappa shape index (κ2) is 11.9. The average molecular weight is 743 g/mol. The monoisotopic (exact) mass is 742 g/mol. The molecule has 0 saturated carbocycles. The molecule has 10 atom stereocenters. The Bertz CT molecular complexity index is 1950. The van der Waals surface area contributed by atoms with E-state index >= 15 is 0 Å². The van der Waals surface area contributed by atoms with Crippen LogP contribution >= 0.6 is 61.3 Å². The fourth-order valence-corrected chi connectivity index (χ4v) is 8.65. The summed E-state index contributed by atoms with van der Waals surface area (Å²) >= 11 is 20.5. The SMILES string of the molecule is O=c1[nH]cnc2c1ncn2C1OC2COP(=O)(S)OC3C(O)C(COP(=O)(S)OC2C1O)OC3n1cnc2cc(Cl)c(Cl)cc21. The fraction of sp³-hybridized carbons (Fsp3) is 0.455. The maximum Gasteiger partial charge on any atom is 0.386 e. The van der Waals surface area contributed by atoms with Crippen molar-refractivity contribution >= 4 is 83.5 Å². The molecular weight excluding hydrogens is 721 g/mol. The lowest BCUT2D eigenvalue weighted by Gasteiger charge is -2.26. The maximum absolute atomic E-state index is 13.6. The van der Waals surface area contributed by atoms with Gasteiger partial charge in [-0.15, -0.1) is 0 Å². The number of aromatic nitrogens is 6. The van der Waals surface area contributed by atoms with Crippen molar-refractivity contribution in [3.05, 3.63) is 51.5 Å². The molecule has 242 valence electrons. The number of nitrogens with one attached hydrogen (secondary N) is 1. The summed E-state index contributed by atoms with van der Waals surface area (Å²) in [5.41, 5.74) is 0.417. The molecule has 1 aromatic carbocycles. The van der Waals surface area contributed by atoms with Crippen LogP contribution in [0.2, 0.25) is 10.0 Å². The molecule has 10 unspecified atom stereocenters. The van der Waals surface area contributed by atoms with Crippen LogP contribution in [0.4, 0.5) is 0 Å². The van der Waals surface area contributed by atoms with Gasteiger partial charge in [0.25, 0.3) is 5.56 Å². The molecule has 3 saturated heterocycles. The number of hydrogen-bond donors (Lipinski definition) is 5. The molecule has 17 nitrogen and oxygen atoms in total. The first kappa shape index (κ1) is 32.0. The second-order valence-corrected chi connectivity index (χ2v) is 16.8. The van der Waals surface area contributed by atoms with E-state index in [1.165, 1.54) is 33.9 Å². The number of thiol groups is 2. The summed E-state index contributed by atoms with van der Waals surface area (Å²) in [6, 6.07) is 3.06. The highest BCUT2D eigenvalue weighted by atomic mass is 35.5. The van der Waals surface area contributed by atoms with Gasteiger partial charge in [0.15, 0.2) is 23.6 Å². The summed E-state index contributed by atoms with van der Waals surface area (Å²) in [6.45, 7) is -9.75. The van der Waals surface area contributed by atoms with Gasteiger partial charge in [0.1, 0.15) is 36.6 Å². The van der Waals surface area contributed by atoms with Crippen molar-refractivity contribution in [1.82, 2.24) is 29.1 Å². The molecule has 0 radical (unpaired) electrons. The molecule has 0 amide bonds. The number of aromatic amines is 1. The Morgan fingerprint density at radius 1 is 0.867 bits per heavy atom. The van der Waals surface area contributed by atoms with E-state index in [1.54, 1.807) is 0 Å². The van der Waals surface area contributed by atoms with Gasteiger partial charge in [-0.05, 0) is 12.1 Å². The number of ether oxygens (including phenoxy) is 2. The number of rotatable bonds is 2. The largest absolute Gasteiger partial charge is 0.387 e. The Labute approximate surface area is 272 Å². The summed E-state index contributed by atoms with van der Waals surface area (Å²) in [6.07, 6.45) is -7.05. The van der Waals surface area contributed by atoms with Gasteiger partial charge in [0, 0.05) is 0 Å². The van der Waals surface area contributed by atoms with Gasteiger partial charge >= 0.3 is 13.6 Å². The molecule has 2 bridgehead atoms. The van der Waals surface area contributed by atoms with Crippen LogP contribution in [-0.2, 0) is 36.7 Å².